The molecule has 1 nitrogen and oxygen atoms in total. The molecule has 64 valence electrons. The van der Waals surface area contributed by atoms with Gasteiger partial charge < -0.3 is 5.73 Å². The van der Waals surface area contributed by atoms with E-state index in [1.165, 1.54) is 0 Å². The van der Waals surface area contributed by atoms with Gasteiger partial charge in [-0.3, -0.25) is 8.63 Å². The third-order valence-corrected chi connectivity index (χ3v) is 2.63. The maximum atomic E-state index is 12.4. The summed E-state index contributed by atoms with van der Waals surface area (Å²) in [6.07, 6.45) is 0. The topological polar surface area (TPSA) is 26.0 Å². The van der Waals surface area contributed by atoms with Gasteiger partial charge in [0.05, 0.1) is 0 Å². The summed E-state index contributed by atoms with van der Waals surface area (Å²) in [5, 5.41) is 0. The molecule has 0 heterocycles. The summed E-state index contributed by atoms with van der Waals surface area (Å²) in [7, 11) is -2.56. The Morgan fingerprint density at radius 3 is 2.17 bits per heavy atom. The summed E-state index contributed by atoms with van der Waals surface area (Å²) in [4.78, 5) is 0. The second-order valence-electron chi connectivity index (χ2n) is 2.43. The van der Waals surface area contributed by atoms with E-state index in [1.807, 2.05) is 0 Å². The van der Waals surface area contributed by atoms with Gasteiger partial charge in [0, 0.05) is 0 Å². The summed E-state index contributed by atoms with van der Waals surface area (Å²) in [5.74, 6) is 0. The van der Waals surface area contributed by atoms with Crippen molar-refractivity contribution in [3.63, 3.8) is 0 Å². The fourth-order valence-corrected chi connectivity index (χ4v) is 1.18. The predicted molar refractivity (Wildman–Crippen MR) is 54.3 cm³/mol. The largest absolute Gasteiger partial charge is 0.571 e. The molecule has 12 heavy (non-hydrogen) atoms. The normalized spacial score (nSPS) is 15.3. The molecule has 0 spiro atoms. The van der Waals surface area contributed by atoms with Crippen LogP contribution in [0.15, 0.2) is 30.3 Å². The van der Waals surface area contributed by atoms with E-state index in [0.29, 0.717) is 5.56 Å². The third kappa shape index (κ3) is 1.95. The molecule has 0 aliphatic heterocycles. The van der Waals surface area contributed by atoms with Crippen LogP contribution >= 0.6 is 22.6 Å². The molecule has 0 radical (unpaired) electrons. The van der Waals surface area contributed by atoms with E-state index in [0.717, 1.165) is 0 Å². The first kappa shape index (κ1) is 9.92. The van der Waals surface area contributed by atoms with Crippen molar-refractivity contribution in [1.29, 1.82) is 0 Å². The van der Waals surface area contributed by atoms with Crippen molar-refractivity contribution in [3.05, 3.63) is 35.9 Å². The van der Waals surface area contributed by atoms with Crippen molar-refractivity contribution < 1.29 is 8.63 Å². The van der Waals surface area contributed by atoms with Gasteiger partial charge in [0.15, 0.2) is 0 Å². The van der Waals surface area contributed by atoms with Gasteiger partial charge in [0.25, 0.3) is 0 Å². The van der Waals surface area contributed by atoms with Crippen LogP contribution in [-0.2, 0) is 3.45 Å². The minimum atomic E-state index is -2.56. The smallest absolute Gasteiger partial charge is 0.314 e. The van der Waals surface area contributed by atoms with Crippen LogP contribution in [-0.4, -0.2) is 7.27 Å². The maximum absolute atomic E-state index is 12.4. The molecule has 0 saturated carbocycles. The monoisotopic (exact) mass is 281 g/mol. The minimum absolute atomic E-state index is 0.445. The number of nitrogens with two attached hydrogens (primary N) is 1. The van der Waals surface area contributed by atoms with Crippen molar-refractivity contribution in [2.45, 2.75) is 3.45 Å². The van der Waals surface area contributed by atoms with Gasteiger partial charge in [-0.05, 0) is 5.56 Å². The van der Waals surface area contributed by atoms with Crippen LogP contribution in [0.1, 0.15) is 5.56 Å². The molecule has 0 bridgehead atoms. The van der Waals surface area contributed by atoms with Crippen LogP contribution in [0.4, 0.5) is 8.63 Å². The summed E-state index contributed by atoms with van der Waals surface area (Å²) in [6.45, 7) is 0. The zero-order valence-corrected chi connectivity index (χ0v) is 8.33. The second-order valence-corrected chi connectivity index (χ2v) is 4.22. The standard InChI is InChI=1S/C7H7BF2IN/c9-8(10)7(11,12)6-4-2-1-3-5-6/h1-5H,12H2. The zero-order valence-electron chi connectivity index (χ0n) is 6.18. The van der Waals surface area contributed by atoms with Crippen LogP contribution in [0.3, 0.4) is 0 Å². The fraction of sp³-hybridized carbons (Fsp3) is 0.143. The van der Waals surface area contributed by atoms with E-state index < -0.39 is 10.7 Å². The Balaban J connectivity index is 2.98. The van der Waals surface area contributed by atoms with Gasteiger partial charge in [-0.1, -0.05) is 52.9 Å². The highest BCUT2D eigenvalue weighted by Gasteiger charge is 2.40. The Labute approximate surface area is 83.7 Å². The van der Waals surface area contributed by atoms with Crippen LogP contribution < -0.4 is 5.73 Å². The molecule has 1 atom stereocenters. The number of alkyl halides is 1. The van der Waals surface area contributed by atoms with E-state index >= 15 is 0 Å². The maximum Gasteiger partial charge on any atom is 0.571 e. The average Bonchev–Trinajstić information content (AvgIpc) is 2.06. The first-order chi connectivity index (χ1) is 5.55. The zero-order chi connectivity index (χ0) is 9.19. The Morgan fingerprint density at radius 2 is 1.75 bits per heavy atom. The number of benzene rings is 1. The lowest BCUT2D eigenvalue weighted by atomic mass is 9.81. The SMILES string of the molecule is NC(I)(B(F)F)c1ccccc1. The van der Waals surface area contributed by atoms with Gasteiger partial charge in [0.2, 0.25) is 0 Å². The lowest BCUT2D eigenvalue weighted by Gasteiger charge is -2.18. The highest BCUT2D eigenvalue weighted by Crippen LogP contribution is 2.29. The molecule has 1 aromatic rings. The summed E-state index contributed by atoms with van der Waals surface area (Å²) in [5.41, 5.74) is 5.86. The van der Waals surface area contributed by atoms with Gasteiger partial charge >= 0.3 is 7.27 Å². The number of hydrogen-bond donors (Lipinski definition) is 1. The second kappa shape index (κ2) is 3.70. The summed E-state index contributed by atoms with van der Waals surface area (Å²) >= 11 is 1.56. The van der Waals surface area contributed by atoms with E-state index in [-0.39, 0.29) is 0 Å². The van der Waals surface area contributed by atoms with E-state index in [2.05, 4.69) is 0 Å². The molecule has 0 saturated heterocycles. The van der Waals surface area contributed by atoms with Crippen LogP contribution in [0.2, 0.25) is 0 Å². The van der Waals surface area contributed by atoms with Gasteiger partial charge in [0.1, 0.15) is 3.45 Å². The molecule has 1 unspecified atom stereocenters. The number of hydrogen-bond acceptors (Lipinski definition) is 1. The number of halogens is 3. The van der Waals surface area contributed by atoms with E-state index in [1.54, 1.807) is 52.9 Å². The molecule has 0 aliphatic carbocycles. The molecular formula is C7H7BF2IN. The van der Waals surface area contributed by atoms with Gasteiger partial charge in [-0.25, -0.2) is 0 Å². The number of rotatable bonds is 2. The third-order valence-electron chi connectivity index (χ3n) is 1.53. The predicted octanol–water partition coefficient (Wildman–Crippen LogP) is 2.20. The summed E-state index contributed by atoms with van der Waals surface area (Å²) < 4.78 is 23.2. The lowest BCUT2D eigenvalue weighted by Crippen LogP contribution is -2.40. The first-order valence-corrected chi connectivity index (χ1v) is 4.44. The Morgan fingerprint density at radius 1 is 1.25 bits per heavy atom. The van der Waals surface area contributed by atoms with Crippen molar-refractivity contribution in [2.24, 2.45) is 5.73 Å². The molecule has 0 fully saturated rings. The summed E-state index contributed by atoms with van der Waals surface area (Å²) in [6, 6.07) is 8.34. The molecule has 0 aliphatic rings. The van der Waals surface area contributed by atoms with E-state index in [4.69, 9.17) is 5.73 Å². The minimum Gasteiger partial charge on any atom is -0.314 e. The van der Waals surface area contributed by atoms with Gasteiger partial charge in [-0.2, -0.15) is 0 Å². The molecule has 5 heteroatoms. The molecule has 2 N–H and O–H groups in total. The Kier molecular flexibility index (Phi) is 3.06. The van der Waals surface area contributed by atoms with Crippen LogP contribution in [0, 0.1) is 0 Å². The average molecular weight is 281 g/mol. The molecular weight excluding hydrogens is 274 g/mol. The Hall–Kier alpha value is -0.165. The van der Waals surface area contributed by atoms with Crippen molar-refractivity contribution in [2.75, 3.05) is 0 Å². The first-order valence-electron chi connectivity index (χ1n) is 3.36. The lowest BCUT2D eigenvalue weighted by molar-refractivity contribution is 0.608. The highest BCUT2D eigenvalue weighted by molar-refractivity contribution is 14.1. The highest BCUT2D eigenvalue weighted by atomic mass is 127. The van der Waals surface area contributed by atoms with Crippen molar-refractivity contribution >= 4 is 29.9 Å². The quantitative estimate of drug-likeness (QED) is 0.382. The van der Waals surface area contributed by atoms with Crippen LogP contribution in [0.25, 0.3) is 0 Å². The molecule has 1 aromatic carbocycles. The molecule has 0 aromatic heterocycles. The van der Waals surface area contributed by atoms with Crippen molar-refractivity contribution in [3.8, 4) is 0 Å². The molecule has 0 amide bonds. The Bertz CT molecular complexity index is 253. The molecule has 1 rings (SSSR count). The van der Waals surface area contributed by atoms with Crippen molar-refractivity contribution in [1.82, 2.24) is 0 Å². The van der Waals surface area contributed by atoms with E-state index in [9.17, 15) is 8.63 Å². The fourth-order valence-electron chi connectivity index (χ4n) is 0.820. The van der Waals surface area contributed by atoms with Gasteiger partial charge in [-0.15, -0.1) is 0 Å². The van der Waals surface area contributed by atoms with Crippen LogP contribution in [0.5, 0.6) is 0 Å².